The zero-order valence-corrected chi connectivity index (χ0v) is 18.3. The lowest BCUT2D eigenvalue weighted by Crippen LogP contribution is -2.42. The molecule has 3 aliphatic rings. The van der Waals surface area contributed by atoms with E-state index < -0.39 is 15.8 Å². The molecule has 0 unspecified atom stereocenters. The van der Waals surface area contributed by atoms with Crippen molar-refractivity contribution in [3.63, 3.8) is 0 Å². The van der Waals surface area contributed by atoms with E-state index in [1.165, 1.54) is 21.9 Å². The first-order chi connectivity index (χ1) is 14.2. The van der Waals surface area contributed by atoms with E-state index in [9.17, 15) is 17.6 Å². The van der Waals surface area contributed by atoms with Crippen LogP contribution in [0.15, 0.2) is 6.20 Å². The fourth-order valence-corrected chi connectivity index (χ4v) is 6.65. The number of rotatable bonds is 4. The number of aromatic nitrogens is 2. The molecule has 2 aliphatic heterocycles. The van der Waals surface area contributed by atoms with Gasteiger partial charge in [0.2, 0.25) is 16.0 Å². The molecule has 2 fully saturated rings. The first-order valence-electron chi connectivity index (χ1n) is 9.89. The minimum absolute atomic E-state index is 0.0104. The van der Waals surface area contributed by atoms with E-state index in [1.807, 2.05) is 6.92 Å². The summed E-state index contributed by atoms with van der Waals surface area (Å²) in [6.45, 7) is 2.69. The quantitative estimate of drug-likeness (QED) is 0.739. The molecule has 1 saturated carbocycles. The molecular weight excluding hydrogens is 429 g/mol. The number of halogens is 1. The van der Waals surface area contributed by atoms with Gasteiger partial charge < -0.3 is 10.6 Å². The van der Waals surface area contributed by atoms with Crippen LogP contribution in [0.3, 0.4) is 0 Å². The van der Waals surface area contributed by atoms with Crippen molar-refractivity contribution in [2.45, 2.75) is 44.2 Å². The summed E-state index contributed by atoms with van der Waals surface area (Å²) in [7, 11) is -3.19. The molecule has 4 heterocycles. The lowest BCUT2D eigenvalue weighted by atomic mass is 10.1. The second-order valence-electron chi connectivity index (χ2n) is 8.27. The lowest BCUT2D eigenvalue weighted by molar-refractivity contribution is 0.0952. The number of nitrogens with one attached hydrogen (secondary N) is 2. The highest BCUT2D eigenvalue weighted by molar-refractivity contribution is 7.88. The van der Waals surface area contributed by atoms with E-state index >= 15 is 0 Å². The maximum Gasteiger partial charge on any atom is 0.253 e. The standard InChI is InChI=1S/C19H22FN5O3S2/c1-10-13-16(19(5-6-19)24-17(13)26)29-15(10)14-12(20)9-21-18(23-14)22-11-3-7-25(8-4-11)30(2,27)28/h9,11H,3-8H2,1-2H3,(H,24,26)(H,21,22,23). The van der Waals surface area contributed by atoms with Crippen LogP contribution in [-0.2, 0) is 15.6 Å². The zero-order chi connectivity index (χ0) is 21.3. The number of hydrogen-bond donors (Lipinski definition) is 2. The highest BCUT2D eigenvalue weighted by atomic mass is 32.2. The fraction of sp³-hybridized carbons (Fsp3) is 0.526. The summed E-state index contributed by atoms with van der Waals surface area (Å²) in [6.07, 6.45) is 5.43. The van der Waals surface area contributed by atoms with Crippen LogP contribution in [0.25, 0.3) is 10.6 Å². The molecule has 8 nitrogen and oxygen atoms in total. The van der Waals surface area contributed by atoms with Crippen LogP contribution < -0.4 is 10.6 Å². The van der Waals surface area contributed by atoms with Gasteiger partial charge in [0.25, 0.3) is 5.91 Å². The third-order valence-electron chi connectivity index (χ3n) is 6.13. The second kappa shape index (κ2) is 6.69. The summed E-state index contributed by atoms with van der Waals surface area (Å²) in [5.74, 6) is -0.309. The van der Waals surface area contributed by atoms with Crippen molar-refractivity contribution in [1.29, 1.82) is 0 Å². The Balaban J connectivity index is 1.40. The number of hydrogen-bond acceptors (Lipinski definition) is 7. The van der Waals surface area contributed by atoms with Crippen molar-refractivity contribution < 1.29 is 17.6 Å². The Bertz CT molecular complexity index is 1150. The Morgan fingerprint density at radius 1 is 1.33 bits per heavy atom. The molecule has 5 rings (SSSR count). The summed E-state index contributed by atoms with van der Waals surface area (Å²) >= 11 is 1.43. The van der Waals surface area contributed by atoms with Crippen molar-refractivity contribution in [3.8, 4) is 10.6 Å². The van der Waals surface area contributed by atoms with Crippen LogP contribution in [0.1, 0.15) is 46.5 Å². The van der Waals surface area contributed by atoms with E-state index in [4.69, 9.17) is 0 Å². The van der Waals surface area contributed by atoms with Gasteiger partial charge in [0.15, 0.2) is 5.82 Å². The zero-order valence-electron chi connectivity index (χ0n) is 16.7. The van der Waals surface area contributed by atoms with Crippen LogP contribution in [0.4, 0.5) is 10.3 Å². The van der Waals surface area contributed by atoms with Gasteiger partial charge in [0.05, 0.1) is 28.4 Å². The van der Waals surface area contributed by atoms with Gasteiger partial charge in [-0.05, 0) is 38.2 Å². The van der Waals surface area contributed by atoms with Crippen molar-refractivity contribution in [1.82, 2.24) is 19.6 Å². The Labute approximate surface area is 178 Å². The molecule has 30 heavy (non-hydrogen) atoms. The van der Waals surface area contributed by atoms with Gasteiger partial charge in [-0.3, -0.25) is 4.79 Å². The molecule has 0 atom stereocenters. The molecule has 11 heteroatoms. The van der Waals surface area contributed by atoms with Crippen molar-refractivity contribution in [2.24, 2.45) is 0 Å². The van der Waals surface area contributed by atoms with Gasteiger partial charge in [-0.1, -0.05) is 0 Å². The number of anilines is 1. The van der Waals surface area contributed by atoms with E-state index in [1.54, 1.807) is 0 Å². The molecule has 1 saturated heterocycles. The highest BCUT2D eigenvalue weighted by Crippen LogP contribution is 2.55. The Morgan fingerprint density at radius 2 is 2.03 bits per heavy atom. The highest BCUT2D eigenvalue weighted by Gasteiger charge is 2.54. The summed E-state index contributed by atoms with van der Waals surface area (Å²) < 4.78 is 39.4. The van der Waals surface area contributed by atoms with Crippen molar-refractivity contribution >= 4 is 33.2 Å². The van der Waals surface area contributed by atoms with Gasteiger partial charge in [-0.25, -0.2) is 27.1 Å². The SMILES string of the molecule is Cc1c(-c2nc(NC3CCN(S(C)(=O)=O)CC3)ncc2F)sc2c1C(=O)NC21CC1. The first-order valence-corrected chi connectivity index (χ1v) is 12.6. The Morgan fingerprint density at radius 3 is 2.67 bits per heavy atom. The normalized spacial score (nSPS) is 21.0. The number of piperidine rings is 1. The number of sulfonamides is 1. The largest absolute Gasteiger partial charge is 0.351 e. The molecule has 1 spiro atoms. The van der Waals surface area contributed by atoms with Gasteiger partial charge in [0, 0.05) is 24.0 Å². The average molecular weight is 452 g/mol. The first kappa shape index (κ1) is 19.8. The van der Waals surface area contributed by atoms with Crippen LogP contribution in [0.5, 0.6) is 0 Å². The summed E-state index contributed by atoms with van der Waals surface area (Å²) in [5, 5.41) is 6.26. The fourth-order valence-electron chi connectivity index (χ4n) is 4.27. The Hall–Kier alpha value is -2.11. The number of thiophene rings is 1. The maximum atomic E-state index is 14.6. The smallest absolute Gasteiger partial charge is 0.253 e. The van der Waals surface area contributed by atoms with Crippen molar-refractivity contribution in [3.05, 3.63) is 28.0 Å². The number of amides is 1. The monoisotopic (exact) mass is 451 g/mol. The topological polar surface area (TPSA) is 104 Å². The van der Waals surface area contributed by atoms with Gasteiger partial charge in [0.1, 0.15) is 5.69 Å². The molecule has 2 aromatic rings. The predicted molar refractivity (Wildman–Crippen MR) is 111 cm³/mol. The molecule has 2 N–H and O–H groups in total. The number of carbonyl (C=O) groups is 1. The third kappa shape index (κ3) is 3.19. The molecule has 0 radical (unpaired) electrons. The number of fused-ring (bicyclic) bond motifs is 2. The molecule has 0 aromatic carbocycles. The van der Waals surface area contributed by atoms with E-state index in [2.05, 4.69) is 20.6 Å². The second-order valence-corrected chi connectivity index (χ2v) is 11.3. The van der Waals surface area contributed by atoms with Crippen LogP contribution in [-0.4, -0.2) is 54.0 Å². The van der Waals surface area contributed by atoms with E-state index in [-0.39, 0.29) is 23.2 Å². The molecule has 160 valence electrons. The summed E-state index contributed by atoms with van der Waals surface area (Å²) in [6, 6.07) is 0.0104. The average Bonchev–Trinajstić information content (AvgIpc) is 3.29. The van der Waals surface area contributed by atoms with E-state index in [0.29, 0.717) is 42.3 Å². The molecule has 0 bridgehead atoms. The lowest BCUT2D eigenvalue weighted by Gasteiger charge is -2.30. The van der Waals surface area contributed by atoms with Gasteiger partial charge >= 0.3 is 0 Å². The van der Waals surface area contributed by atoms with Crippen LogP contribution in [0.2, 0.25) is 0 Å². The minimum atomic E-state index is -3.19. The molecule has 1 aliphatic carbocycles. The van der Waals surface area contributed by atoms with Gasteiger partial charge in [-0.2, -0.15) is 0 Å². The van der Waals surface area contributed by atoms with Crippen molar-refractivity contribution in [2.75, 3.05) is 24.7 Å². The maximum absolute atomic E-state index is 14.6. The Kier molecular flexibility index (Phi) is 4.42. The predicted octanol–water partition coefficient (Wildman–Crippen LogP) is 2.22. The van der Waals surface area contributed by atoms with E-state index in [0.717, 1.165) is 29.5 Å². The van der Waals surface area contributed by atoms with Crippen LogP contribution >= 0.6 is 11.3 Å². The molecule has 2 aromatic heterocycles. The molecule has 1 amide bonds. The summed E-state index contributed by atoms with van der Waals surface area (Å²) in [4.78, 5) is 22.6. The molecular formula is C19H22FN5O3S2. The number of nitrogens with zero attached hydrogens (tertiary/aromatic N) is 3. The van der Waals surface area contributed by atoms with Crippen LogP contribution in [0, 0.1) is 12.7 Å². The third-order valence-corrected chi connectivity index (χ3v) is 8.93. The minimum Gasteiger partial charge on any atom is -0.351 e. The number of carbonyl (C=O) groups excluding carboxylic acids is 1. The van der Waals surface area contributed by atoms with Gasteiger partial charge in [-0.15, -0.1) is 11.3 Å². The summed E-state index contributed by atoms with van der Waals surface area (Å²) in [5.41, 5.74) is 1.36.